The lowest BCUT2D eigenvalue weighted by molar-refractivity contribution is -0.165. The predicted molar refractivity (Wildman–Crippen MR) is 47.7 cm³/mol. The van der Waals surface area contributed by atoms with E-state index in [0.717, 1.165) is 18.2 Å². The predicted octanol–water partition coefficient (Wildman–Crippen LogP) is 2.97. The van der Waals surface area contributed by atoms with Crippen molar-refractivity contribution in [2.24, 2.45) is 0 Å². The van der Waals surface area contributed by atoms with E-state index in [1.54, 1.807) is 0 Å². The first-order valence-corrected chi connectivity index (χ1v) is 4.41. The maximum Gasteiger partial charge on any atom is 0.416 e. The van der Waals surface area contributed by atoms with Gasteiger partial charge in [0.2, 0.25) is 0 Å². The third kappa shape index (κ3) is 3.15. The molecule has 0 bridgehead atoms. The molecule has 0 aliphatic carbocycles. The smallest absolute Gasteiger partial charge is 0.416 e. The van der Waals surface area contributed by atoms with E-state index in [0.29, 0.717) is 6.07 Å². The highest BCUT2D eigenvalue weighted by Crippen LogP contribution is 2.34. The van der Waals surface area contributed by atoms with E-state index in [2.05, 4.69) is 0 Å². The fraction of sp³-hybridized carbons (Fsp3) is 0.300. The topological polar surface area (TPSA) is 37.3 Å². The van der Waals surface area contributed by atoms with Crippen molar-refractivity contribution in [2.45, 2.75) is 18.5 Å². The summed E-state index contributed by atoms with van der Waals surface area (Å²) in [5, 5.41) is 8.17. The molecular formula is C10H7F5O2. The summed E-state index contributed by atoms with van der Waals surface area (Å²) in [7, 11) is 0. The number of hydrogen-bond donors (Lipinski definition) is 1. The van der Waals surface area contributed by atoms with Crippen molar-refractivity contribution in [3.63, 3.8) is 0 Å². The van der Waals surface area contributed by atoms with Gasteiger partial charge in [0.05, 0.1) is 5.56 Å². The summed E-state index contributed by atoms with van der Waals surface area (Å²) in [6.07, 6.45) is -6.27. The molecule has 17 heavy (non-hydrogen) atoms. The summed E-state index contributed by atoms with van der Waals surface area (Å²) in [6, 6.07) is 3.65. The number of benzene rings is 1. The van der Waals surface area contributed by atoms with Crippen LogP contribution in [0.2, 0.25) is 0 Å². The summed E-state index contributed by atoms with van der Waals surface area (Å²) in [4.78, 5) is 10.2. The highest BCUT2D eigenvalue weighted by atomic mass is 19.4. The lowest BCUT2D eigenvalue weighted by atomic mass is 10.0. The average Bonchev–Trinajstić information content (AvgIpc) is 2.15. The molecule has 0 aromatic heterocycles. The first-order chi connectivity index (χ1) is 7.64. The van der Waals surface area contributed by atoms with Gasteiger partial charge in [-0.05, 0) is 11.6 Å². The fourth-order valence-corrected chi connectivity index (χ4v) is 1.27. The zero-order chi connectivity index (χ0) is 13.3. The van der Waals surface area contributed by atoms with Gasteiger partial charge in [-0.15, -0.1) is 0 Å². The van der Waals surface area contributed by atoms with Crippen LogP contribution in [0.5, 0.6) is 0 Å². The second-order valence-electron chi connectivity index (χ2n) is 3.34. The van der Waals surface area contributed by atoms with Crippen LogP contribution in [0, 0.1) is 0 Å². The number of halogens is 5. The molecule has 0 unspecified atom stereocenters. The Labute approximate surface area is 92.7 Å². The van der Waals surface area contributed by atoms with E-state index in [1.165, 1.54) is 0 Å². The molecule has 7 heteroatoms. The second-order valence-corrected chi connectivity index (χ2v) is 3.34. The number of aliphatic carboxylic acids is 1. The zero-order valence-corrected chi connectivity index (χ0v) is 8.26. The third-order valence-electron chi connectivity index (χ3n) is 2.05. The summed E-state index contributed by atoms with van der Waals surface area (Å²) in [6.45, 7) is 0. The monoisotopic (exact) mass is 254 g/mol. The van der Waals surface area contributed by atoms with Gasteiger partial charge in [0, 0.05) is 6.42 Å². The Kier molecular flexibility index (Phi) is 3.40. The SMILES string of the molecule is O=C(O)C(F)(F)Cc1ccccc1C(F)(F)F. The molecule has 0 aliphatic rings. The molecule has 0 saturated heterocycles. The van der Waals surface area contributed by atoms with Crippen LogP contribution in [-0.4, -0.2) is 17.0 Å². The van der Waals surface area contributed by atoms with Crippen molar-refractivity contribution < 1.29 is 31.9 Å². The van der Waals surface area contributed by atoms with E-state index < -0.39 is 35.6 Å². The molecule has 1 aromatic rings. The van der Waals surface area contributed by atoms with Gasteiger partial charge in [0.15, 0.2) is 0 Å². The van der Waals surface area contributed by atoms with Crippen LogP contribution in [0.3, 0.4) is 0 Å². The minimum atomic E-state index is -4.79. The largest absolute Gasteiger partial charge is 0.477 e. The first kappa shape index (κ1) is 13.4. The van der Waals surface area contributed by atoms with Gasteiger partial charge in [0.25, 0.3) is 0 Å². The van der Waals surface area contributed by atoms with Gasteiger partial charge in [-0.3, -0.25) is 0 Å². The number of hydrogen-bond acceptors (Lipinski definition) is 1. The van der Waals surface area contributed by atoms with Crippen LogP contribution in [0.25, 0.3) is 0 Å². The molecule has 0 spiro atoms. The molecule has 0 radical (unpaired) electrons. The summed E-state index contributed by atoms with van der Waals surface area (Å²) in [5.41, 5.74) is -1.99. The number of carbonyl (C=O) groups is 1. The normalized spacial score (nSPS) is 12.5. The molecule has 0 aliphatic heterocycles. The van der Waals surface area contributed by atoms with E-state index in [1.807, 2.05) is 0 Å². The Balaban J connectivity index is 3.12. The van der Waals surface area contributed by atoms with Gasteiger partial charge < -0.3 is 5.11 Å². The van der Waals surface area contributed by atoms with Gasteiger partial charge >= 0.3 is 18.1 Å². The van der Waals surface area contributed by atoms with Crippen molar-refractivity contribution in [3.05, 3.63) is 35.4 Å². The maximum absolute atomic E-state index is 12.8. The second kappa shape index (κ2) is 4.31. The Morgan fingerprint density at radius 2 is 1.65 bits per heavy atom. The van der Waals surface area contributed by atoms with Crippen molar-refractivity contribution in [3.8, 4) is 0 Å². The molecule has 0 heterocycles. The lowest BCUT2D eigenvalue weighted by Crippen LogP contribution is -2.31. The van der Waals surface area contributed by atoms with Crippen LogP contribution in [0.15, 0.2) is 24.3 Å². The molecule has 1 rings (SSSR count). The van der Waals surface area contributed by atoms with Crippen molar-refractivity contribution in [1.82, 2.24) is 0 Å². The van der Waals surface area contributed by atoms with Crippen LogP contribution in [-0.2, 0) is 17.4 Å². The average molecular weight is 254 g/mol. The van der Waals surface area contributed by atoms with Crippen molar-refractivity contribution in [1.29, 1.82) is 0 Å². The summed E-state index contributed by atoms with van der Waals surface area (Å²) < 4.78 is 63.0. The molecule has 0 atom stereocenters. The van der Waals surface area contributed by atoms with Crippen LogP contribution in [0.1, 0.15) is 11.1 Å². The third-order valence-corrected chi connectivity index (χ3v) is 2.05. The minimum absolute atomic E-state index is 0.632. The number of carboxylic acid groups (broad SMARTS) is 1. The fourth-order valence-electron chi connectivity index (χ4n) is 1.27. The van der Waals surface area contributed by atoms with E-state index in [4.69, 9.17) is 5.11 Å². The molecule has 1 aromatic carbocycles. The van der Waals surface area contributed by atoms with Crippen LogP contribution >= 0.6 is 0 Å². The summed E-state index contributed by atoms with van der Waals surface area (Å²) >= 11 is 0. The standard InChI is InChI=1S/C10H7F5O2/c11-9(12,8(16)17)5-6-3-1-2-4-7(6)10(13,14)15/h1-4H,5H2,(H,16,17). The number of alkyl halides is 5. The molecule has 0 saturated carbocycles. The highest BCUT2D eigenvalue weighted by Gasteiger charge is 2.42. The zero-order valence-electron chi connectivity index (χ0n) is 8.26. The van der Waals surface area contributed by atoms with E-state index >= 15 is 0 Å². The van der Waals surface area contributed by atoms with Gasteiger partial charge in [-0.25, -0.2) is 4.79 Å². The van der Waals surface area contributed by atoms with Crippen LogP contribution < -0.4 is 0 Å². The van der Waals surface area contributed by atoms with E-state index in [-0.39, 0.29) is 0 Å². The van der Waals surface area contributed by atoms with Gasteiger partial charge in [-0.2, -0.15) is 22.0 Å². The molecule has 1 N–H and O–H groups in total. The molecule has 0 fully saturated rings. The number of carboxylic acids is 1. The van der Waals surface area contributed by atoms with E-state index in [9.17, 15) is 26.7 Å². The Morgan fingerprint density at radius 1 is 1.12 bits per heavy atom. The molecule has 94 valence electrons. The molecule has 0 amide bonds. The Hall–Kier alpha value is -1.66. The van der Waals surface area contributed by atoms with Crippen molar-refractivity contribution in [2.75, 3.05) is 0 Å². The minimum Gasteiger partial charge on any atom is -0.477 e. The maximum atomic E-state index is 12.8. The highest BCUT2D eigenvalue weighted by molar-refractivity contribution is 5.75. The van der Waals surface area contributed by atoms with Gasteiger partial charge in [0.1, 0.15) is 0 Å². The lowest BCUT2D eigenvalue weighted by Gasteiger charge is -2.16. The quantitative estimate of drug-likeness (QED) is 0.842. The van der Waals surface area contributed by atoms with Crippen LogP contribution in [0.4, 0.5) is 22.0 Å². The van der Waals surface area contributed by atoms with Crippen molar-refractivity contribution >= 4 is 5.97 Å². The molecular weight excluding hydrogens is 247 g/mol. The van der Waals surface area contributed by atoms with Gasteiger partial charge in [-0.1, -0.05) is 18.2 Å². The summed E-state index contributed by atoms with van der Waals surface area (Å²) in [5.74, 6) is -6.67. The molecule has 2 nitrogen and oxygen atoms in total. The Morgan fingerprint density at radius 3 is 2.12 bits per heavy atom. The Bertz CT molecular complexity index is 425. The number of rotatable bonds is 3. The first-order valence-electron chi connectivity index (χ1n) is 4.41.